The first-order valence-electron chi connectivity index (χ1n) is 9.25. The zero-order chi connectivity index (χ0) is 24.2. The van der Waals surface area contributed by atoms with E-state index in [0.29, 0.717) is 6.07 Å². The second kappa shape index (κ2) is 9.55. The number of hydrogen-bond donors (Lipinski definition) is 2. The molecule has 0 radical (unpaired) electrons. The number of carboxylic acids is 1. The summed E-state index contributed by atoms with van der Waals surface area (Å²) >= 11 is 0. The molecule has 11 heteroatoms. The molecule has 0 saturated heterocycles. The molecule has 0 fully saturated rings. The van der Waals surface area contributed by atoms with Crippen LogP contribution < -0.4 is 14.8 Å². The van der Waals surface area contributed by atoms with Gasteiger partial charge in [-0.2, -0.15) is 13.2 Å². The van der Waals surface area contributed by atoms with Crippen molar-refractivity contribution in [2.75, 3.05) is 12.4 Å². The molecule has 1 aromatic heterocycles. The summed E-state index contributed by atoms with van der Waals surface area (Å²) in [6.07, 6.45) is -4.03. The van der Waals surface area contributed by atoms with Gasteiger partial charge in [0.2, 0.25) is 0 Å². The van der Waals surface area contributed by atoms with E-state index < -0.39 is 41.6 Å². The second-order valence-corrected chi connectivity index (χ2v) is 6.59. The zero-order valence-corrected chi connectivity index (χ0v) is 16.9. The number of benzene rings is 2. The molecule has 0 aliphatic heterocycles. The molecule has 2 N–H and O–H groups in total. The van der Waals surface area contributed by atoms with E-state index in [2.05, 4.69) is 10.3 Å². The number of carbonyl (C=O) groups excluding carboxylic acids is 1. The van der Waals surface area contributed by atoms with Crippen LogP contribution in [0.1, 0.15) is 32.0 Å². The summed E-state index contributed by atoms with van der Waals surface area (Å²) in [6.45, 7) is -1.23. The summed E-state index contributed by atoms with van der Waals surface area (Å²) < 4.78 is 65.5. The van der Waals surface area contributed by atoms with E-state index >= 15 is 0 Å². The molecule has 0 bridgehead atoms. The molecular weight excluding hydrogens is 448 g/mol. The minimum atomic E-state index is -5.01. The number of alkyl halides is 4. The Kier molecular flexibility index (Phi) is 6.80. The van der Waals surface area contributed by atoms with Gasteiger partial charge in [0.1, 0.15) is 18.1 Å². The molecule has 0 atom stereocenters. The van der Waals surface area contributed by atoms with E-state index in [1.165, 1.54) is 25.3 Å². The zero-order valence-electron chi connectivity index (χ0n) is 16.9. The molecule has 0 saturated carbocycles. The number of para-hydroxylation sites is 2. The average molecular weight is 464 g/mol. The van der Waals surface area contributed by atoms with Crippen LogP contribution in [0.15, 0.2) is 54.7 Å². The topological polar surface area (TPSA) is 97.8 Å². The van der Waals surface area contributed by atoms with Crippen molar-refractivity contribution in [2.24, 2.45) is 0 Å². The van der Waals surface area contributed by atoms with Gasteiger partial charge in [-0.1, -0.05) is 12.1 Å². The normalized spacial score (nSPS) is 11.1. The van der Waals surface area contributed by atoms with E-state index in [0.717, 1.165) is 24.4 Å². The maximum absolute atomic E-state index is 13.8. The Morgan fingerprint density at radius 3 is 2.30 bits per heavy atom. The highest BCUT2D eigenvalue weighted by Crippen LogP contribution is 2.41. The number of anilines is 1. The number of carbonyl (C=O) groups is 2. The number of hydrogen-bond acceptors (Lipinski definition) is 5. The Balaban J connectivity index is 2.10. The number of halogens is 4. The molecule has 33 heavy (non-hydrogen) atoms. The van der Waals surface area contributed by atoms with Crippen molar-refractivity contribution < 1.29 is 41.7 Å². The minimum Gasteiger partial charge on any atom is -0.493 e. The number of rotatable bonds is 7. The van der Waals surface area contributed by atoms with Crippen molar-refractivity contribution in [3.8, 4) is 17.2 Å². The highest BCUT2D eigenvalue weighted by molar-refractivity contribution is 6.07. The fourth-order valence-corrected chi connectivity index (χ4v) is 2.90. The van der Waals surface area contributed by atoms with Crippen LogP contribution in [-0.2, 0) is 12.9 Å². The van der Waals surface area contributed by atoms with Gasteiger partial charge >= 0.3 is 12.1 Å². The number of methoxy groups -OCH3 is 1. The summed E-state index contributed by atoms with van der Waals surface area (Å²) in [4.78, 5) is 27.4. The SMILES string of the molecule is COc1ccccc1Oc1cc(CF)cc(C(F)(F)F)c1C(=O)Nc1ccc(C(=O)O)nc1. The summed E-state index contributed by atoms with van der Waals surface area (Å²) in [6, 6.07) is 9.79. The summed E-state index contributed by atoms with van der Waals surface area (Å²) in [7, 11) is 1.32. The molecule has 3 rings (SSSR count). The number of aromatic carboxylic acids is 1. The van der Waals surface area contributed by atoms with Gasteiger partial charge in [-0.25, -0.2) is 14.2 Å². The van der Waals surface area contributed by atoms with Crippen LogP contribution in [0.4, 0.5) is 23.2 Å². The van der Waals surface area contributed by atoms with Crippen LogP contribution in [0, 0.1) is 0 Å². The van der Waals surface area contributed by atoms with E-state index in [1.54, 1.807) is 6.07 Å². The predicted molar refractivity (Wildman–Crippen MR) is 108 cm³/mol. The summed E-state index contributed by atoms with van der Waals surface area (Å²) in [5.74, 6) is -2.90. The van der Waals surface area contributed by atoms with Gasteiger partial charge in [0, 0.05) is 0 Å². The quantitative estimate of drug-likeness (QED) is 0.460. The van der Waals surface area contributed by atoms with Crippen molar-refractivity contribution in [1.82, 2.24) is 4.98 Å². The Bertz CT molecular complexity index is 1180. The van der Waals surface area contributed by atoms with Gasteiger partial charge in [0.25, 0.3) is 5.91 Å². The number of carboxylic acid groups (broad SMARTS) is 1. The molecule has 1 amide bonds. The first-order valence-corrected chi connectivity index (χ1v) is 9.25. The predicted octanol–water partition coefficient (Wildman–Crippen LogP) is 5.32. The molecule has 2 aromatic carbocycles. The molecular formula is C22H16F4N2O5. The monoisotopic (exact) mass is 464 g/mol. The average Bonchev–Trinajstić information content (AvgIpc) is 2.78. The van der Waals surface area contributed by atoms with E-state index in [1.807, 2.05) is 0 Å². The van der Waals surface area contributed by atoms with Crippen molar-refractivity contribution >= 4 is 17.6 Å². The van der Waals surface area contributed by atoms with Crippen LogP contribution in [0.2, 0.25) is 0 Å². The van der Waals surface area contributed by atoms with E-state index in [-0.39, 0.29) is 28.4 Å². The van der Waals surface area contributed by atoms with Crippen molar-refractivity contribution in [3.63, 3.8) is 0 Å². The van der Waals surface area contributed by atoms with E-state index in [4.69, 9.17) is 14.6 Å². The number of nitrogens with one attached hydrogen (secondary N) is 1. The lowest BCUT2D eigenvalue weighted by atomic mass is 10.0. The Hall–Kier alpha value is -4.15. The van der Waals surface area contributed by atoms with E-state index in [9.17, 15) is 27.2 Å². The lowest BCUT2D eigenvalue weighted by Crippen LogP contribution is -2.20. The Morgan fingerprint density at radius 1 is 1.06 bits per heavy atom. The Morgan fingerprint density at radius 2 is 1.76 bits per heavy atom. The van der Waals surface area contributed by atoms with Crippen LogP contribution in [-0.4, -0.2) is 29.1 Å². The van der Waals surface area contributed by atoms with Crippen LogP contribution in [0.25, 0.3) is 0 Å². The molecule has 1 heterocycles. The number of ether oxygens (including phenoxy) is 2. The van der Waals surface area contributed by atoms with Crippen molar-refractivity contribution in [2.45, 2.75) is 12.9 Å². The first kappa shape index (κ1) is 23.5. The minimum absolute atomic E-state index is 0.00524. The number of aromatic nitrogens is 1. The maximum atomic E-state index is 13.8. The molecule has 0 spiro atoms. The highest BCUT2D eigenvalue weighted by atomic mass is 19.4. The summed E-state index contributed by atoms with van der Waals surface area (Å²) in [5, 5.41) is 11.1. The fraction of sp³-hybridized carbons (Fsp3) is 0.136. The third kappa shape index (κ3) is 5.37. The van der Waals surface area contributed by atoms with Crippen LogP contribution in [0.3, 0.4) is 0 Å². The molecule has 0 unspecified atom stereocenters. The third-order valence-electron chi connectivity index (χ3n) is 4.38. The highest BCUT2D eigenvalue weighted by Gasteiger charge is 2.38. The molecule has 0 aliphatic rings. The molecule has 0 aliphatic carbocycles. The van der Waals surface area contributed by atoms with Crippen LogP contribution >= 0.6 is 0 Å². The third-order valence-corrected chi connectivity index (χ3v) is 4.38. The molecule has 7 nitrogen and oxygen atoms in total. The van der Waals surface area contributed by atoms with Gasteiger partial charge in [0.15, 0.2) is 11.5 Å². The van der Waals surface area contributed by atoms with Gasteiger partial charge in [-0.15, -0.1) is 0 Å². The second-order valence-electron chi connectivity index (χ2n) is 6.59. The molecule has 3 aromatic rings. The molecule has 172 valence electrons. The lowest BCUT2D eigenvalue weighted by molar-refractivity contribution is -0.138. The first-order chi connectivity index (χ1) is 15.6. The fourth-order valence-electron chi connectivity index (χ4n) is 2.90. The standard InChI is InChI=1S/C22H16F4N2O5/c1-32-16-4-2-3-5-17(16)33-18-9-12(10-23)8-14(22(24,25)26)19(18)20(29)28-13-6-7-15(21(30)31)27-11-13/h2-9,11H,10H2,1H3,(H,28,29)(H,30,31). The largest absolute Gasteiger partial charge is 0.493 e. The number of amides is 1. The van der Waals surface area contributed by atoms with Crippen molar-refractivity contribution in [1.29, 1.82) is 0 Å². The maximum Gasteiger partial charge on any atom is 0.417 e. The smallest absolute Gasteiger partial charge is 0.417 e. The summed E-state index contributed by atoms with van der Waals surface area (Å²) in [5.41, 5.74) is -3.04. The van der Waals surface area contributed by atoms with Gasteiger partial charge in [-0.05, 0) is 42.0 Å². The lowest BCUT2D eigenvalue weighted by Gasteiger charge is -2.19. The van der Waals surface area contributed by atoms with Gasteiger partial charge < -0.3 is 19.9 Å². The van der Waals surface area contributed by atoms with Gasteiger partial charge in [-0.3, -0.25) is 4.79 Å². The number of pyridine rings is 1. The van der Waals surface area contributed by atoms with Gasteiger partial charge in [0.05, 0.1) is 30.1 Å². The van der Waals surface area contributed by atoms with Crippen LogP contribution in [0.5, 0.6) is 17.2 Å². The Labute approximate surface area is 184 Å². The van der Waals surface area contributed by atoms with Crippen molar-refractivity contribution in [3.05, 3.63) is 77.1 Å². The number of nitrogens with zero attached hydrogens (tertiary/aromatic N) is 1.